The van der Waals surface area contributed by atoms with E-state index in [1.807, 2.05) is 5.32 Å². The standard InChI is InChI=1S/C14H15F4NO3/c1-2-22-7-6-13(21,14(16,17)18)9-19-12(20)10-4-3-5-11(15)8-10/h3-8,21H,2,9H2,1H3,(H,19,20). The van der Waals surface area contributed by atoms with Crippen LogP contribution in [-0.2, 0) is 4.74 Å². The first-order valence-electron chi connectivity index (χ1n) is 6.32. The van der Waals surface area contributed by atoms with Gasteiger partial charge in [-0.1, -0.05) is 6.07 Å². The van der Waals surface area contributed by atoms with Crippen molar-refractivity contribution < 1.29 is 32.2 Å². The second-order valence-corrected chi connectivity index (χ2v) is 4.37. The summed E-state index contributed by atoms with van der Waals surface area (Å²) in [4.78, 5) is 11.7. The summed E-state index contributed by atoms with van der Waals surface area (Å²) >= 11 is 0. The van der Waals surface area contributed by atoms with E-state index < -0.39 is 30.0 Å². The summed E-state index contributed by atoms with van der Waals surface area (Å²) in [5.41, 5.74) is -3.44. The van der Waals surface area contributed by atoms with Crippen LogP contribution in [0.4, 0.5) is 17.6 Å². The molecule has 22 heavy (non-hydrogen) atoms. The molecule has 2 N–H and O–H groups in total. The van der Waals surface area contributed by atoms with Crippen molar-refractivity contribution >= 4 is 5.91 Å². The fourth-order valence-electron chi connectivity index (χ4n) is 1.46. The van der Waals surface area contributed by atoms with Crippen molar-refractivity contribution in [2.45, 2.75) is 18.7 Å². The first-order valence-corrected chi connectivity index (χ1v) is 6.32. The SMILES string of the molecule is CCOC=CC(O)(CNC(=O)c1cccc(F)c1)C(F)(F)F. The Morgan fingerprint density at radius 1 is 1.41 bits per heavy atom. The predicted molar refractivity (Wildman–Crippen MR) is 70.5 cm³/mol. The minimum atomic E-state index is -5.02. The lowest BCUT2D eigenvalue weighted by Gasteiger charge is -2.27. The minimum Gasteiger partial charge on any atom is -0.502 e. The molecule has 0 aliphatic rings. The number of amides is 1. The van der Waals surface area contributed by atoms with E-state index in [1.165, 1.54) is 12.1 Å². The fraction of sp³-hybridized carbons (Fsp3) is 0.357. The highest BCUT2D eigenvalue weighted by Crippen LogP contribution is 2.31. The molecule has 1 rings (SSSR count). The summed E-state index contributed by atoms with van der Waals surface area (Å²) in [6, 6.07) is 4.45. The third-order valence-corrected chi connectivity index (χ3v) is 2.70. The van der Waals surface area contributed by atoms with Gasteiger partial charge in [-0.05, 0) is 31.2 Å². The summed E-state index contributed by atoms with van der Waals surface area (Å²) in [7, 11) is 0. The highest BCUT2D eigenvalue weighted by atomic mass is 19.4. The van der Waals surface area contributed by atoms with Crippen LogP contribution in [0.2, 0.25) is 0 Å². The van der Waals surface area contributed by atoms with Crippen molar-refractivity contribution in [1.29, 1.82) is 0 Å². The number of hydrogen-bond acceptors (Lipinski definition) is 3. The molecule has 0 saturated heterocycles. The number of nitrogens with one attached hydrogen (secondary N) is 1. The number of rotatable bonds is 6. The molecule has 0 aromatic heterocycles. The van der Waals surface area contributed by atoms with Crippen LogP contribution in [0.25, 0.3) is 0 Å². The van der Waals surface area contributed by atoms with Crippen LogP contribution in [-0.4, -0.2) is 35.9 Å². The zero-order chi connectivity index (χ0) is 16.8. The Morgan fingerprint density at radius 3 is 2.64 bits per heavy atom. The van der Waals surface area contributed by atoms with Crippen LogP contribution in [0.5, 0.6) is 0 Å². The van der Waals surface area contributed by atoms with Gasteiger partial charge in [0.1, 0.15) is 5.82 Å². The van der Waals surface area contributed by atoms with Gasteiger partial charge in [-0.15, -0.1) is 0 Å². The molecule has 8 heteroatoms. The van der Waals surface area contributed by atoms with Gasteiger partial charge in [0.05, 0.1) is 19.4 Å². The lowest BCUT2D eigenvalue weighted by molar-refractivity contribution is -0.237. The summed E-state index contributed by atoms with van der Waals surface area (Å²) in [6.07, 6.45) is -3.90. The van der Waals surface area contributed by atoms with Gasteiger partial charge in [-0.25, -0.2) is 4.39 Å². The average molecular weight is 321 g/mol. The van der Waals surface area contributed by atoms with Crippen molar-refractivity contribution in [3.05, 3.63) is 48.0 Å². The Hall–Kier alpha value is -2.09. The maximum Gasteiger partial charge on any atom is 0.422 e. The van der Waals surface area contributed by atoms with Crippen molar-refractivity contribution in [2.24, 2.45) is 0 Å². The number of benzene rings is 1. The lowest BCUT2D eigenvalue weighted by Crippen LogP contribution is -2.52. The molecule has 4 nitrogen and oxygen atoms in total. The van der Waals surface area contributed by atoms with Gasteiger partial charge in [0, 0.05) is 5.56 Å². The number of carbonyl (C=O) groups is 1. The van der Waals surface area contributed by atoms with Crippen LogP contribution in [0, 0.1) is 5.82 Å². The Morgan fingerprint density at radius 2 is 2.09 bits per heavy atom. The molecule has 0 fully saturated rings. The maximum absolute atomic E-state index is 13.0. The van der Waals surface area contributed by atoms with E-state index in [4.69, 9.17) is 0 Å². The molecular formula is C14H15F4NO3. The number of hydrogen-bond donors (Lipinski definition) is 2. The summed E-state index contributed by atoms with van der Waals surface area (Å²) in [5.74, 6) is -1.64. The summed E-state index contributed by atoms with van der Waals surface area (Å²) in [6.45, 7) is 0.554. The predicted octanol–water partition coefficient (Wildman–Crippen LogP) is 2.40. The molecule has 0 aliphatic heterocycles. The van der Waals surface area contributed by atoms with E-state index in [2.05, 4.69) is 4.74 Å². The molecule has 0 saturated carbocycles. The van der Waals surface area contributed by atoms with Gasteiger partial charge in [-0.3, -0.25) is 4.79 Å². The second kappa shape index (κ2) is 7.26. The van der Waals surface area contributed by atoms with Crippen molar-refractivity contribution in [3.8, 4) is 0 Å². The maximum atomic E-state index is 13.0. The van der Waals surface area contributed by atoms with E-state index >= 15 is 0 Å². The normalized spacial score (nSPS) is 14.6. The monoisotopic (exact) mass is 321 g/mol. The van der Waals surface area contributed by atoms with Gasteiger partial charge >= 0.3 is 6.18 Å². The van der Waals surface area contributed by atoms with E-state index in [0.717, 1.165) is 12.1 Å². The first kappa shape index (κ1) is 18.0. The fourth-order valence-corrected chi connectivity index (χ4v) is 1.46. The molecular weight excluding hydrogens is 306 g/mol. The van der Waals surface area contributed by atoms with E-state index in [1.54, 1.807) is 6.92 Å². The van der Waals surface area contributed by atoms with Gasteiger partial charge in [0.25, 0.3) is 5.91 Å². The second-order valence-electron chi connectivity index (χ2n) is 4.37. The third-order valence-electron chi connectivity index (χ3n) is 2.70. The van der Waals surface area contributed by atoms with Crippen LogP contribution in [0.3, 0.4) is 0 Å². The average Bonchev–Trinajstić information content (AvgIpc) is 2.44. The lowest BCUT2D eigenvalue weighted by atomic mass is 10.0. The summed E-state index contributed by atoms with van der Waals surface area (Å²) in [5, 5.41) is 11.6. The highest BCUT2D eigenvalue weighted by molar-refractivity contribution is 5.94. The first-order chi connectivity index (χ1) is 10.2. The molecule has 1 unspecified atom stereocenters. The molecule has 0 aliphatic carbocycles. The van der Waals surface area contributed by atoms with Crippen molar-refractivity contribution in [2.75, 3.05) is 13.2 Å². The van der Waals surface area contributed by atoms with Crippen LogP contribution >= 0.6 is 0 Å². The minimum absolute atomic E-state index is 0.125. The number of aliphatic hydroxyl groups is 1. The Bertz CT molecular complexity index is 545. The van der Waals surface area contributed by atoms with Gasteiger partial charge in [-0.2, -0.15) is 13.2 Å². The molecule has 1 atom stereocenters. The Kier molecular flexibility index (Phi) is 5.92. The largest absolute Gasteiger partial charge is 0.502 e. The summed E-state index contributed by atoms with van der Waals surface area (Å²) < 4.78 is 56.2. The number of halogens is 4. The van der Waals surface area contributed by atoms with Crippen LogP contribution < -0.4 is 5.32 Å². The molecule has 0 spiro atoms. The Balaban J connectivity index is 2.81. The molecule has 0 radical (unpaired) electrons. The molecule has 1 aromatic carbocycles. The van der Waals surface area contributed by atoms with Crippen molar-refractivity contribution in [1.82, 2.24) is 5.32 Å². The highest BCUT2D eigenvalue weighted by Gasteiger charge is 2.52. The van der Waals surface area contributed by atoms with Gasteiger partial charge < -0.3 is 15.2 Å². The molecule has 0 bridgehead atoms. The number of carbonyl (C=O) groups excluding carboxylic acids is 1. The van der Waals surface area contributed by atoms with Gasteiger partial charge in [0.15, 0.2) is 5.60 Å². The quantitative estimate of drug-likeness (QED) is 0.625. The molecule has 1 amide bonds. The van der Waals surface area contributed by atoms with Gasteiger partial charge in [0.2, 0.25) is 0 Å². The Labute approximate surface area is 124 Å². The molecule has 0 heterocycles. The number of alkyl halides is 3. The topological polar surface area (TPSA) is 58.6 Å². The number of ether oxygens (including phenoxy) is 1. The zero-order valence-electron chi connectivity index (χ0n) is 11.7. The van der Waals surface area contributed by atoms with E-state index in [9.17, 15) is 27.5 Å². The van der Waals surface area contributed by atoms with E-state index in [-0.39, 0.29) is 12.2 Å². The van der Waals surface area contributed by atoms with E-state index in [0.29, 0.717) is 12.3 Å². The molecule has 1 aromatic rings. The molecule has 122 valence electrons. The van der Waals surface area contributed by atoms with Crippen molar-refractivity contribution in [3.63, 3.8) is 0 Å². The van der Waals surface area contributed by atoms with Crippen LogP contribution in [0.1, 0.15) is 17.3 Å². The van der Waals surface area contributed by atoms with Crippen LogP contribution in [0.15, 0.2) is 36.6 Å². The smallest absolute Gasteiger partial charge is 0.422 e. The zero-order valence-corrected chi connectivity index (χ0v) is 11.7. The third kappa shape index (κ3) is 4.73.